The van der Waals surface area contributed by atoms with E-state index in [0.717, 1.165) is 16.8 Å². The van der Waals surface area contributed by atoms with Crippen LogP contribution in [0.4, 0.5) is 0 Å². The average Bonchev–Trinajstić information content (AvgIpc) is 2.94. The van der Waals surface area contributed by atoms with Crippen molar-refractivity contribution in [2.75, 3.05) is 0 Å². The second-order valence-electron chi connectivity index (χ2n) is 4.16. The van der Waals surface area contributed by atoms with Gasteiger partial charge in [-0.1, -0.05) is 36.4 Å². The van der Waals surface area contributed by atoms with Crippen LogP contribution in [0.1, 0.15) is 0 Å². The molecule has 2 nitrogen and oxygen atoms in total. The fraction of sp³-hybridized carbons (Fsp3) is 0. The normalized spacial score (nSPS) is 10.4. The van der Waals surface area contributed by atoms with E-state index >= 15 is 0 Å². The Bertz CT molecular complexity index is 642. The zero-order valence-electron chi connectivity index (χ0n) is 9.82. The Kier molecular flexibility index (Phi) is 2.61. The van der Waals surface area contributed by atoms with Crippen molar-refractivity contribution in [3.63, 3.8) is 0 Å². The van der Waals surface area contributed by atoms with Gasteiger partial charge in [0.05, 0.1) is 5.69 Å². The molecule has 2 aromatic carbocycles. The first-order valence-corrected chi connectivity index (χ1v) is 5.86. The van der Waals surface area contributed by atoms with Crippen molar-refractivity contribution in [2.24, 2.45) is 0 Å². The number of aromatic nitrogens is 1. The summed E-state index contributed by atoms with van der Waals surface area (Å²) in [6.07, 6.45) is 3.84. The molecule has 3 aromatic rings. The van der Waals surface area contributed by atoms with Crippen molar-refractivity contribution in [3.8, 4) is 22.6 Å². The van der Waals surface area contributed by atoms with Gasteiger partial charge in [-0.15, -0.1) is 0 Å². The highest BCUT2D eigenvalue weighted by atomic mass is 16.3. The SMILES string of the molecule is Oc1ccc(-c2ccccc2)cc1-n1cccc1. The monoisotopic (exact) mass is 235 g/mol. The third kappa shape index (κ3) is 1.89. The number of benzene rings is 2. The summed E-state index contributed by atoms with van der Waals surface area (Å²) in [6, 6.07) is 19.7. The lowest BCUT2D eigenvalue weighted by Gasteiger charge is -2.09. The van der Waals surface area contributed by atoms with Crippen LogP contribution in [0.15, 0.2) is 73.1 Å². The van der Waals surface area contributed by atoms with Gasteiger partial charge < -0.3 is 9.67 Å². The molecule has 0 saturated heterocycles. The fourth-order valence-corrected chi connectivity index (χ4v) is 2.04. The van der Waals surface area contributed by atoms with Gasteiger partial charge in [0.25, 0.3) is 0 Å². The van der Waals surface area contributed by atoms with Gasteiger partial charge in [0.2, 0.25) is 0 Å². The predicted molar refractivity (Wildman–Crippen MR) is 72.9 cm³/mol. The maximum absolute atomic E-state index is 9.93. The summed E-state index contributed by atoms with van der Waals surface area (Å²) >= 11 is 0. The van der Waals surface area contributed by atoms with Crippen LogP contribution in [-0.2, 0) is 0 Å². The highest BCUT2D eigenvalue weighted by molar-refractivity contribution is 5.68. The molecule has 0 aliphatic rings. The van der Waals surface area contributed by atoms with E-state index in [2.05, 4.69) is 12.1 Å². The summed E-state index contributed by atoms with van der Waals surface area (Å²) < 4.78 is 1.90. The van der Waals surface area contributed by atoms with Gasteiger partial charge in [-0.25, -0.2) is 0 Å². The number of phenols is 1. The smallest absolute Gasteiger partial charge is 0.139 e. The topological polar surface area (TPSA) is 25.2 Å². The minimum absolute atomic E-state index is 0.283. The van der Waals surface area contributed by atoms with E-state index in [1.807, 2.05) is 59.4 Å². The van der Waals surface area contributed by atoms with Crippen LogP contribution in [0.3, 0.4) is 0 Å². The lowest BCUT2D eigenvalue weighted by Crippen LogP contribution is -1.91. The van der Waals surface area contributed by atoms with E-state index in [0.29, 0.717) is 0 Å². The maximum atomic E-state index is 9.93. The second kappa shape index (κ2) is 4.41. The zero-order valence-corrected chi connectivity index (χ0v) is 9.82. The average molecular weight is 235 g/mol. The highest BCUT2D eigenvalue weighted by Crippen LogP contribution is 2.28. The summed E-state index contributed by atoms with van der Waals surface area (Å²) in [5.74, 6) is 0.283. The minimum atomic E-state index is 0.283. The minimum Gasteiger partial charge on any atom is -0.506 e. The molecule has 0 radical (unpaired) electrons. The van der Waals surface area contributed by atoms with Crippen LogP contribution in [0, 0.1) is 0 Å². The predicted octanol–water partition coefficient (Wildman–Crippen LogP) is 3.85. The molecule has 0 atom stereocenters. The van der Waals surface area contributed by atoms with Crippen molar-refractivity contribution >= 4 is 0 Å². The molecule has 0 unspecified atom stereocenters. The van der Waals surface area contributed by atoms with Crippen LogP contribution in [0.25, 0.3) is 16.8 Å². The Hall–Kier alpha value is -2.48. The number of phenolic OH excluding ortho intramolecular Hbond substituents is 1. The maximum Gasteiger partial charge on any atom is 0.139 e. The van der Waals surface area contributed by atoms with Crippen molar-refractivity contribution < 1.29 is 5.11 Å². The van der Waals surface area contributed by atoms with E-state index in [4.69, 9.17) is 0 Å². The molecule has 0 aliphatic carbocycles. The summed E-state index contributed by atoms with van der Waals surface area (Å²) in [6.45, 7) is 0. The second-order valence-corrected chi connectivity index (χ2v) is 4.16. The van der Waals surface area contributed by atoms with Crippen LogP contribution in [0.2, 0.25) is 0 Å². The number of nitrogens with zero attached hydrogens (tertiary/aromatic N) is 1. The molecule has 0 amide bonds. The molecule has 0 bridgehead atoms. The summed E-state index contributed by atoms with van der Waals surface area (Å²) in [5, 5.41) is 9.93. The number of aromatic hydroxyl groups is 1. The molecular weight excluding hydrogens is 222 g/mol. The molecule has 88 valence electrons. The molecule has 1 heterocycles. The molecule has 1 N–H and O–H groups in total. The van der Waals surface area contributed by atoms with Gasteiger partial charge in [0.1, 0.15) is 5.75 Å². The Balaban J connectivity index is 2.12. The third-order valence-corrected chi connectivity index (χ3v) is 2.97. The first-order valence-electron chi connectivity index (χ1n) is 5.86. The molecule has 3 rings (SSSR count). The summed E-state index contributed by atoms with van der Waals surface area (Å²) in [4.78, 5) is 0. The number of rotatable bonds is 2. The standard InChI is InChI=1S/C16H13NO/c18-16-9-8-14(13-6-2-1-3-7-13)12-15(16)17-10-4-5-11-17/h1-12,18H. The molecule has 0 fully saturated rings. The van der Waals surface area contributed by atoms with E-state index in [9.17, 15) is 5.11 Å². The molecule has 2 heteroatoms. The van der Waals surface area contributed by atoms with E-state index in [-0.39, 0.29) is 5.75 Å². The molecule has 0 aliphatic heterocycles. The fourth-order valence-electron chi connectivity index (χ4n) is 2.04. The van der Waals surface area contributed by atoms with Crippen LogP contribution in [-0.4, -0.2) is 9.67 Å². The van der Waals surface area contributed by atoms with Gasteiger partial charge >= 0.3 is 0 Å². The van der Waals surface area contributed by atoms with Crippen molar-refractivity contribution in [3.05, 3.63) is 73.1 Å². The van der Waals surface area contributed by atoms with Crippen LogP contribution >= 0.6 is 0 Å². The third-order valence-electron chi connectivity index (χ3n) is 2.97. The Morgan fingerprint density at radius 1 is 0.722 bits per heavy atom. The first kappa shape index (κ1) is 10.7. The Morgan fingerprint density at radius 3 is 2.17 bits per heavy atom. The van der Waals surface area contributed by atoms with Gasteiger partial charge in [-0.05, 0) is 35.4 Å². The molecular formula is C16H13NO. The number of hydrogen-bond acceptors (Lipinski definition) is 1. The van der Waals surface area contributed by atoms with E-state index < -0.39 is 0 Å². The van der Waals surface area contributed by atoms with Crippen LogP contribution in [0.5, 0.6) is 5.75 Å². The van der Waals surface area contributed by atoms with Crippen molar-refractivity contribution in [2.45, 2.75) is 0 Å². The largest absolute Gasteiger partial charge is 0.506 e. The van der Waals surface area contributed by atoms with Crippen molar-refractivity contribution in [1.29, 1.82) is 0 Å². The summed E-state index contributed by atoms with van der Waals surface area (Å²) in [7, 11) is 0. The van der Waals surface area contributed by atoms with Gasteiger partial charge in [0.15, 0.2) is 0 Å². The Labute approximate surface area is 106 Å². The van der Waals surface area contributed by atoms with Crippen LogP contribution < -0.4 is 0 Å². The lowest BCUT2D eigenvalue weighted by atomic mass is 10.0. The number of hydrogen-bond donors (Lipinski definition) is 1. The van der Waals surface area contributed by atoms with Gasteiger partial charge in [-0.3, -0.25) is 0 Å². The van der Waals surface area contributed by atoms with Crippen molar-refractivity contribution in [1.82, 2.24) is 4.57 Å². The Morgan fingerprint density at radius 2 is 1.44 bits per heavy atom. The quantitative estimate of drug-likeness (QED) is 0.717. The molecule has 18 heavy (non-hydrogen) atoms. The first-order chi connectivity index (χ1) is 8.84. The molecule has 1 aromatic heterocycles. The van der Waals surface area contributed by atoms with Gasteiger partial charge in [0, 0.05) is 12.4 Å². The lowest BCUT2D eigenvalue weighted by molar-refractivity contribution is 0.472. The highest BCUT2D eigenvalue weighted by Gasteiger charge is 2.05. The van der Waals surface area contributed by atoms with E-state index in [1.165, 1.54) is 0 Å². The summed E-state index contributed by atoms with van der Waals surface area (Å²) in [5.41, 5.74) is 3.03. The zero-order chi connectivity index (χ0) is 12.4. The van der Waals surface area contributed by atoms with Gasteiger partial charge in [-0.2, -0.15) is 0 Å². The van der Waals surface area contributed by atoms with E-state index in [1.54, 1.807) is 6.07 Å². The molecule has 0 spiro atoms. The molecule has 0 saturated carbocycles.